The predicted molar refractivity (Wildman–Crippen MR) is 83.0 cm³/mol. The Morgan fingerprint density at radius 2 is 2.00 bits per heavy atom. The highest BCUT2D eigenvalue weighted by Crippen LogP contribution is 2.53. The molecular weight excluding hydrogens is 265 g/mol. The van der Waals surface area contributed by atoms with Crippen LogP contribution in [0.1, 0.15) is 51.9 Å². The summed E-state index contributed by atoms with van der Waals surface area (Å²) in [4.78, 5) is 0. The van der Waals surface area contributed by atoms with E-state index in [1.54, 1.807) is 12.1 Å². The second-order valence-electron chi connectivity index (χ2n) is 6.57. The van der Waals surface area contributed by atoms with E-state index in [0.717, 1.165) is 19.4 Å². The first kappa shape index (κ1) is 14.8. The lowest BCUT2D eigenvalue weighted by atomic mass is 9.55. The van der Waals surface area contributed by atoms with Crippen molar-refractivity contribution in [2.45, 2.75) is 64.0 Å². The van der Waals surface area contributed by atoms with E-state index in [4.69, 9.17) is 4.74 Å². The van der Waals surface area contributed by atoms with Crippen LogP contribution >= 0.6 is 0 Å². The zero-order valence-corrected chi connectivity index (χ0v) is 12.9. The van der Waals surface area contributed by atoms with Gasteiger partial charge in [0, 0.05) is 17.9 Å². The third-order valence-electron chi connectivity index (χ3n) is 5.32. The van der Waals surface area contributed by atoms with Crippen molar-refractivity contribution in [2.75, 3.05) is 6.54 Å². The van der Waals surface area contributed by atoms with Gasteiger partial charge in [-0.05, 0) is 37.9 Å². The van der Waals surface area contributed by atoms with Gasteiger partial charge in [0.05, 0.1) is 0 Å². The van der Waals surface area contributed by atoms with Crippen LogP contribution in [-0.4, -0.2) is 18.7 Å². The van der Waals surface area contributed by atoms with E-state index in [1.807, 2.05) is 6.07 Å². The molecule has 3 heteroatoms. The maximum absolute atomic E-state index is 13.8. The predicted octanol–water partition coefficient (Wildman–Crippen LogP) is 4.30. The standard InChI is InChI=1S/C18H26FNO/c1-2-12-20-16-13-17(18(16)10-6-3-7-11-18)21-15-9-5-4-8-14(15)19/h4-5,8-9,16-17,20H,2-3,6-7,10-13H2,1H3. The second kappa shape index (κ2) is 6.35. The van der Waals surface area contributed by atoms with E-state index in [9.17, 15) is 4.39 Å². The number of benzene rings is 1. The van der Waals surface area contributed by atoms with Crippen molar-refractivity contribution < 1.29 is 9.13 Å². The molecule has 0 amide bonds. The van der Waals surface area contributed by atoms with Crippen molar-refractivity contribution in [2.24, 2.45) is 5.41 Å². The summed E-state index contributed by atoms with van der Waals surface area (Å²) < 4.78 is 19.9. The first-order valence-electron chi connectivity index (χ1n) is 8.41. The molecule has 2 atom stereocenters. The lowest BCUT2D eigenvalue weighted by Gasteiger charge is -2.57. The minimum atomic E-state index is -0.242. The van der Waals surface area contributed by atoms with Gasteiger partial charge in [-0.3, -0.25) is 0 Å². The van der Waals surface area contributed by atoms with Gasteiger partial charge in [-0.1, -0.05) is 38.3 Å². The molecule has 2 nitrogen and oxygen atoms in total. The molecule has 3 rings (SSSR count). The number of hydrogen-bond acceptors (Lipinski definition) is 2. The number of para-hydroxylation sites is 1. The minimum absolute atomic E-state index is 0.170. The van der Waals surface area contributed by atoms with E-state index in [1.165, 1.54) is 38.2 Å². The highest BCUT2D eigenvalue weighted by atomic mass is 19.1. The molecule has 0 aromatic heterocycles. The molecule has 2 saturated carbocycles. The van der Waals surface area contributed by atoms with E-state index in [0.29, 0.717) is 11.8 Å². The normalized spacial score (nSPS) is 27.3. The molecule has 1 aromatic carbocycles. The topological polar surface area (TPSA) is 21.3 Å². The van der Waals surface area contributed by atoms with Crippen LogP contribution in [0.25, 0.3) is 0 Å². The van der Waals surface area contributed by atoms with Crippen LogP contribution < -0.4 is 10.1 Å². The van der Waals surface area contributed by atoms with Crippen molar-refractivity contribution in [1.29, 1.82) is 0 Å². The zero-order chi connectivity index (χ0) is 14.7. The van der Waals surface area contributed by atoms with Crippen molar-refractivity contribution in [1.82, 2.24) is 5.32 Å². The van der Waals surface area contributed by atoms with Gasteiger partial charge in [-0.25, -0.2) is 4.39 Å². The number of halogens is 1. The fraction of sp³-hybridized carbons (Fsp3) is 0.667. The summed E-state index contributed by atoms with van der Waals surface area (Å²) in [5, 5.41) is 3.69. The average molecular weight is 291 g/mol. The van der Waals surface area contributed by atoms with Crippen LogP contribution in [0.15, 0.2) is 24.3 Å². The molecule has 1 aromatic rings. The average Bonchev–Trinajstić information content (AvgIpc) is 2.52. The molecule has 2 aliphatic carbocycles. The van der Waals surface area contributed by atoms with Crippen molar-refractivity contribution in [3.8, 4) is 5.75 Å². The maximum atomic E-state index is 13.8. The third-order valence-corrected chi connectivity index (χ3v) is 5.32. The summed E-state index contributed by atoms with van der Waals surface area (Å²) in [6.07, 6.45) is 8.65. The Morgan fingerprint density at radius 3 is 2.71 bits per heavy atom. The SMILES string of the molecule is CCCNC1CC(Oc2ccccc2F)C12CCCCC2. The monoisotopic (exact) mass is 291 g/mol. The van der Waals surface area contributed by atoms with Crippen molar-refractivity contribution in [3.05, 3.63) is 30.1 Å². The van der Waals surface area contributed by atoms with Crippen LogP contribution in [0.4, 0.5) is 4.39 Å². The fourth-order valence-corrected chi connectivity index (χ4v) is 4.09. The molecule has 2 aliphatic rings. The van der Waals surface area contributed by atoms with Crippen LogP contribution in [0.5, 0.6) is 5.75 Å². The summed E-state index contributed by atoms with van der Waals surface area (Å²) in [5.41, 5.74) is 0.232. The van der Waals surface area contributed by atoms with Crippen LogP contribution in [-0.2, 0) is 0 Å². The Bertz CT molecular complexity index is 470. The third kappa shape index (κ3) is 2.80. The molecular formula is C18H26FNO. The molecule has 0 saturated heterocycles. The van der Waals surface area contributed by atoms with Gasteiger partial charge in [0.15, 0.2) is 11.6 Å². The number of rotatable bonds is 5. The van der Waals surface area contributed by atoms with Crippen LogP contribution in [0.2, 0.25) is 0 Å². The molecule has 2 fully saturated rings. The Hall–Kier alpha value is -1.09. The van der Waals surface area contributed by atoms with Gasteiger partial charge in [-0.15, -0.1) is 0 Å². The molecule has 0 radical (unpaired) electrons. The van der Waals surface area contributed by atoms with Crippen molar-refractivity contribution >= 4 is 0 Å². The summed E-state index contributed by atoms with van der Waals surface area (Å²) in [6.45, 7) is 3.27. The maximum Gasteiger partial charge on any atom is 0.165 e. The quantitative estimate of drug-likeness (QED) is 0.873. The van der Waals surface area contributed by atoms with Crippen LogP contribution in [0.3, 0.4) is 0 Å². The van der Waals surface area contributed by atoms with Gasteiger partial charge >= 0.3 is 0 Å². The highest BCUT2D eigenvalue weighted by molar-refractivity contribution is 5.25. The van der Waals surface area contributed by atoms with E-state index in [2.05, 4.69) is 12.2 Å². The van der Waals surface area contributed by atoms with E-state index in [-0.39, 0.29) is 17.3 Å². The summed E-state index contributed by atoms with van der Waals surface area (Å²) in [7, 11) is 0. The second-order valence-corrected chi connectivity index (χ2v) is 6.57. The lowest BCUT2D eigenvalue weighted by Crippen LogP contribution is -2.65. The first-order valence-corrected chi connectivity index (χ1v) is 8.41. The molecule has 1 spiro atoms. The highest BCUT2D eigenvalue weighted by Gasteiger charge is 2.56. The Morgan fingerprint density at radius 1 is 1.24 bits per heavy atom. The van der Waals surface area contributed by atoms with Gasteiger partial charge in [0.25, 0.3) is 0 Å². The van der Waals surface area contributed by atoms with E-state index < -0.39 is 0 Å². The number of hydrogen-bond donors (Lipinski definition) is 1. The molecule has 0 aliphatic heterocycles. The molecule has 0 bridgehead atoms. The number of nitrogens with one attached hydrogen (secondary N) is 1. The summed E-state index contributed by atoms with van der Waals surface area (Å²) >= 11 is 0. The van der Waals surface area contributed by atoms with Crippen LogP contribution in [0, 0.1) is 11.2 Å². The van der Waals surface area contributed by atoms with E-state index >= 15 is 0 Å². The summed E-state index contributed by atoms with van der Waals surface area (Å²) in [6, 6.07) is 7.34. The van der Waals surface area contributed by atoms with Gasteiger partial charge in [0.1, 0.15) is 6.10 Å². The van der Waals surface area contributed by atoms with Gasteiger partial charge in [0.2, 0.25) is 0 Å². The minimum Gasteiger partial charge on any atom is -0.487 e. The smallest absolute Gasteiger partial charge is 0.165 e. The molecule has 0 heterocycles. The molecule has 116 valence electrons. The Balaban J connectivity index is 1.72. The first-order chi connectivity index (χ1) is 10.3. The Labute approximate surface area is 127 Å². The zero-order valence-electron chi connectivity index (χ0n) is 12.9. The lowest BCUT2D eigenvalue weighted by molar-refractivity contribution is -0.104. The Kier molecular flexibility index (Phi) is 4.48. The van der Waals surface area contributed by atoms with Crippen molar-refractivity contribution in [3.63, 3.8) is 0 Å². The number of ether oxygens (including phenoxy) is 1. The van der Waals surface area contributed by atoms with Gasteiger partial charge < -0.3 is 10.1 Å². The largest absolute Gasteiger partial charge is 0.487 e. The molecule has 21 heavy (non-hydrogen) atoms. The summed E-state index contributed by atoms with van der Waals surface area (Å²) in [5.74, 6) is 0.176. The molecule has 2 unspecified atom stereocenters. The molecule has 1 N–H and O–H groups in total. The fourth-order valence-electron chi connectivity index (χ4n) is 4.09. The van der Waals surface area contributed by atoms with Gasteiger partial charge in [-0.2, -0.15) is 0 Å².